The van der Waals surface area contributed by atoms with Crippen molar-refractivity contribution in [3.8, 4) is 0 Å². The van der Waals surface area contributed by atoms with Gasteiger partial charge >= 0.3 is 0 Å². The third-order valence-electron chi connectivity index (χ3n) is 3.92. The number of carbonyl (C=O) groups is 2. The van der Waals surface area contributed by atoms with Gasteiger partial charge in [0.2, 0.25) is 0 Å². The van der Waals surface area contributed by atoms with Crippen molar-refractivity contribution < 1.29 is 22.4 Å². The van der Waals surface area contributed by atoms with Gasteiger partial charge in [0.25, 0.3) is 11.8 Å². The lowest BCUT2D eigenvalue weighted by molar-refractivity contribution is 0.0941. The van der Waals surface area contributed by atoms with Crippen LogP contribution < -0.4 is 10.6 Å². The number of sulfone groups is 1. The molecule has 2 aromatic rings. The second-order valence-corrected chi connectivity index (χ2v) is 8.19. The molecule has 7 nitrogen and oxygen atoms in total. The summed E-state index contributed by atoms with van der Waals surface area (Å²) in [5.74, 6) is -1.46. The molecule has 9 heteroatoms. The van der Waals surface area contributed by atoms with E-state index in [-0.39, 0.29) is 22.8 Å². The zero-order valence-corrected chi connectivity index (χ0v) is 14.4. The van der Waals surface area contributed by atoms with E-state index in [1.807, 2.05) is 0 Å². The number of pyridine rings is 1. The topological polar surface area (TPSA) is 105 Å². The predicted octanol–water partition coefficient (Wildman–Crippen LogP) is 1.39. The summed E-state index contributed by atoms with van der Waals surface area (Å²) in [5, 5.41) is 5.21. The quantitative estimate of drug-likeness (QED) is 0.838. The number of hydrogen-bond acceptors (Lipinski definition) is 5. The molecule has 1 aromatic heterocycles. The van der Waals surface area contributed by atoms with E-state index in [0.29, 0.717) is 12.1 Å². The van der Waals surface area contributed by atoms with Crippen molar-refractivity contribution in [2.75, 3.05) is 16.8 Å². The molecule has 0 bridgehead atoms. The molecule has 1 aliphatic rings. The summed E-state index contributed by atoms with van der Waals surface area (Å²) < 4.78 is 35.8. The molecular weight excluding hydrogens is 361 g/mol. The zero-order chi connectivity index (χ0) is 18.7. The van der Waals surface area contributed by atoms with Crippen molar-refractivity contribution in [3.05, 3.63) is 59.7 Å². The molecule has 2 N–H and O–H groups in total. The van der Waals surface area contributed by atoms with E-state index in [2.05, 4.69) is 15.6 Å². The van der Waals surface area contributed by atoms with Crippen LogP contribution in [0.5, 0.6) is 0 Å². The van der Waals surface area contributed by atoms with Crippen LogP contribution in [0.15, 0.2) is 42.6 Å². The highest BCUT2D eigenvalue weighted by Gasteiger charge is 2.29. The maximum atomic E-state index is 12.9. The van der Waals surface area contributed by atoms with Crippen LogP contribution in [0, 0.1) is 5.82 Å². The number of hydrogen-bond donors (Lipinski definition) is 2. The number of amides is 2. The van der Waals surface area contributed by atoms with Gasteiger partial charge < -0.3 is 10.6 Å². The summed E-state index contributed by atoms with van der Waals surface area (Å²) in [7, 11) is -3.10. The van der Waals surface area contributed by atoms with Crippen molar-refractivity contribution in [3.63, 3.8) is 0 Å². The van der Waals surface area contributed by atoms with Crippen molar-refractivity contribution in [2.45, 2.75) is 12.5 Å². The van der Waals surface area contributed by atoms with Crippen LogP contribution in [0.2, 0.25) is 0 Å². The SMILES string of the molecule is O=C(NC1CCS(=O)(=O)C1)c1ccnc(C(=O)Nc2ccc(F)cc2)c1. The van der Waals surface area contributed by atoms with Gasteiger partial charge in [0.05, 0.1) is 11.5 Å². The Hall–Kier alpha value is -2.81. The smallest absolute Gasteiger partial charge is 0.274 e. The number of nitrogens with zero attached hydrogens (tertiary/aromatic N) is 1. The molecule has 1 fully saturated rings. The monoisotopic (exact) mass is 377 g/mol. The molecule has 1 aliphatic heterocycles. The highest BCUT2D eigenvalue weighted by atomic mass is 32.2. The van der Waals surface area contributed by atoms with Gasteiger partial charge in [-0.1, -0.05) is 0 Å². The lowest BCUT2D eigenvalue weighted by Gasteiger charge is -2.11. The molecule has 0 radical (unpaired) electrons. The summed E-state index contributed by atoms with van der Waals surface area (Å²) in [5.41, 5.74) is 0.610. The summed E-state index contributed by atoms with van der Waals surface area (Å²) in [6, 6.07) is 7.56. The Morgan fingerprint density at radius 1 is 1.12 bits per heavy atom. The third kappa shape index (κ3) is 4.42. The number of benzene rings is 1. The second-order valence-electron chi connectivity index (χ2n) is 5.96. The number of anilines is 1. The largest absolute Gasteiger partial charge is 0.348 e. The van der Waals surface area contributed by atoms with Crippen LogP contribution in [-0.4, -0.2) is 42.8 Å². The van der Waals surface area contributed by atoms with E-state index in [0.717, 1.165) is 0 Å². The Balaban J connectivity index is 1.68. The Labute approximate surface area is 149 Å². The Morgan fingerprint density at radius 3 is 2.50 bits per heavy atom. The minimum atomic E-state index is -3.10. The number of carbonyl (C=O) groups excluding carboxylic acids is 2. The molecule has 1 atom stereocenters. The van der Waals surface area contributed by atoms with Gasteiger partial charge in [0.1, 0.15) is 11.5 Å². The Morgan fingerprint density at radius 2 is 1.85 bits per heavy atom. The van der Waals surface area contributed by atoms with Crippen molar-refractivity contribution in [1.29, 1.82) is 0 Å². The molecule has 26 heavy (non-hydrogen) atoms. The predicted molar refractivity (Wildman–Crippen MR) is 93.1 cm³/mol. The first-order valence-corrected chi connectivity index (χ1v) is 9.69. The molecule has 2 heterocycles. The van der Waals surface area contributed by atoms with E-state index in [1.54, 1.807) is 0 Å². The number of halogens is 1. The summed E-state index contributed by atoms with van der Waals surface area (Å²) in [4.78, 5) is 28.4. The Bertz CT molecular complexity index is 945. The number of nitrogens with one attached hydrogen (secondary N) is 2. The van der Waals surface area contributed by atoms with Gasteiger partial charge in [-0.2, -0.15) is 0 Å². The van der Waals surface area contributed by atoms with Crippen LogP contribution in [0.25, 0.3) is 0 Å². The fourth-order valence-corrected chi connectivity index (χ4v) is 4.28. The van der Waals surface area contributed by atoms with Gasteiger partial charge in [-0.05, 0) is 42.8 Å². The molecule has 1 aromatic carbocycles. The van der Waals surface area contributed by atoms with Crippen LogP contribution in [0.3, 0.4) is 0 Å². The average Bonchev–Trinajstić information content (AvgIpc) is 2.95. The Kier molecular flexibility index (Phi) is 4.99. The van der Waals surface area contributed by atoms with Crippen LogP contribution >= 0.6 is 0 Å². The normalized spacial score (nSPS) is 18.3. The molecule has 136 valence electrons. The highest BCUT2D eigenvalue weighted by molar-refractivity contribution is 7.91. The fourth-order valence-electron chi connectivity index (χ4n) is 2.60. The first-order valence-electron chi connectivity index (χ1n) is 7.87. The van der Waals surface area contributed by atoms with Crippen LogP contribution in [0.1, 0.15) is 27.3 Å². The minimum absolute atomic E-state index is 0.0148. The molecule has 2 amide bonds. The summed E-state index contributed by atoms with van der Waals surface area (Å²) in [6.07, 6.45) is 1.69. The molecule has 0 spiro atoms. The van der Waals surface area contributed by atoms with E-state index in [4.69, 9.17) is 0 Å². The first kappa shape index (κ1) is 18.0. The molecular formula is C17H16FN3O4S. The first-order chi connectivity index (χ1) is 12.3. The standard InChI is InChI=1S/C17H16FN3O4S/c18-12-1-3-13(4-2-12)20-17(23)15-9-11(5-7-19-15)16(22)21-14-6-8-26(24,25)10-14/h1-5,7,9,14H,6,8,10H2,(H,20,23)(H,21,22). The molecule has 1 saturated heterocycles. The summed E-state index contributed by atoms with van der Waals surface area (Å²) in [6.45, 7) is 0. The van der Waals surface area contributed by atoms with Gasteiger partial charge in [-0.25, -0.2) is 12.8 Å². The zero-order valence-electron chi connectivity index (χ0n) is 13.6. The summed E-state index contributed by atoms with van der Waals surface area (Å²) >= 11 is 0. The molecule has 0 aliphatic carbocycles. The van der Waals surface area contributed by atoms with E-state index >= 15 is 0 Å². The molecule has 0 saturated carbocycles. The van der Waals surface area contributed by atoms with Gasteiger partial charge in [0, 0.05) is 23.5 Å². The van der Waals surface area contributed by atoms with Gasteiger partial charge in [-0.3, -0.25) is 14.6 Å². The fraction of sp³-hybridized carbons (Fsp3) is 0.235. The van der Waals surface area contributed by atoms with Crippen LogP contribution in [0.4, 0.5) is 10.1 Å². The third-order valence-corrected chi connectivity index (χ3v) is 5.69. The lowest BCUT2D eigenvalue weighted by atomic mass is 10.2. The van der Waals surface area contributed by atoms with Gasteiger partial charge in [0.15, 0.2) is 9.84 Å². The molecule has 1 unspecified atom stereocenters. The van der Waals surface area contributed by atoms with Crippen LogP contribution in [-0.2, 0) is 9.84 Å². The maximum absolute atomic E-state index is 12.9. The van der Waals surface area contributed by atoms with Crippen molar-refractivity contribution in [2.24, 2.45) is 0 Å². The van der Waals surface area contributed by atoms with E-state index in [1.165, 1.54) is 42.6 Å². The second kappa shape index (κ2) is 7.20. The minimum Gasteiger partial charge on any atom is -0.348 e. The maximum Gasteiger partial charge on any atom is 0.274 e. The number of rotatable bonds is 4. The average molecular weight is 377 g/mol. The molecule has 3 rings (SSSR count). The van der Waals surface area contributed by atoms with Gasteiger partial charge in [-0.15, -0.1) is 0 Å². The van der Waals surface area contributed by atoms with E-state index in [9.17, 15) is 22.4 Å². The van der Waals surface area contributed by atoms with Crippen molar-refractivity contribution >= 4 is 27.3 Å². The van der Waals surface area contributed by atoms with E-state index < -0.39 is 33.5 Å². The van der Waals surface area contributed by atoms with Crippen molar-refractivity contribution in [1.82, 2.24) is 10.3 Å². The number of aromatic nitrogens is 1. The lowest BCUT2D eigenvalue weighted by Crippen LogP contribution is -2.35. The highest BCUT2D eigenvalue weighted by Crippen LogP contribution is 2.13.